The van der Waals surface area contributed by atoms with Crippen LogP contribution in [0.1, 0.15) is 5.76 Å². The Morgan fingerprint density at radius 2 is 2.09 bits per heavy atom. The van der Waals surface area contributed by atoms with Crippen molar-refractivity contribution in [3.05, 3.63) is 35.0 Å². The van der Waals surface area contributed by atoms with Gasteiger partial charge in [-0.1, -0.05) is 11.6 Å². The third-order valence-electron chi connectivity index (χ3n) is 1.60. The molecule has 1 aromatic carbocycles. The zero-order valence-electron chi connectivity index (χ0n) is 6.10. The molecule has 0 saturated heterocycles. The van der Waals surface area contributed by atoms with Crippen molar-refractivity contribution in [1.29, 1.82) is 0 Å². The standard InChI is InChI=1S/C9H7ClO/c1-6-4-7-5-8(10)2-3-9(7)11-6/h2-5H,1H3. The smallest absolute Gasteiger partial charge is 0.134 e. The lowest BCUT2D eigenvalue weighted by atomic mass is 10.2. The van der Waals surface area contributed by atoms with Gasteiger partial charge in [-0.25, -0.2) is 0 Å². The van der Waals surface area contributed by atoms with E-state index in [-0.39, 0.29) is 0 Å². The highest BCUT2D eigenvalue weighted by atomic mass is 35.5. The van der Waals surface area contributed by atoms with Gasteiger partial charge in [0.15, 0.2) is 0 Å². The molecule has 2 rings (SSSR count). The Bertz CT molecular complexity index is 389. The minimum atomic E-state index is 0.748. The van der Waals surface area contributed by atoms with Gasteiger partial charge in [-0.2, -0.15) is 0 Å². The molecule has 0 atom stereocenters. The molecule has 0 saturated carbocycles. The number of halogens is 1. The molecule has 0 amide bonds. The van der Waals surface area contributed by atoms with Crippen molar-refractivity contribution in [2.75, 3.05) is 0 Å². The summed E-state index contributed by atoms with van der Waals surface area (Å²) in [7, 11) is 0. The molecular formula is C9H7ClO. The highest BCUT2D eigenvalue weighted by Crippen LogP contribution is 2.22. The molecule has 1 nitrogen and oxygen atoms in total. The maximum atomic E-state index is 5.79. The van der Waals surface area contributed by atoms with Gasteiger partial charge in [-0.05, 0) is 31.2 Å². The highest BCUT2D eigenvalue weighted by molar-refractivity contribution is 6.31. The first-order valence-electron chi connectivity index (χ1n) is 3.41. The highest BCUT2D eigenvalue weighted by Gasteiger charge is 1.98. The van der Waals surface area contributed by atoms with Crippen molar-refractivity contribution >= 4 is 22.6 Å². The van der Waals surface area contributed by atoms with Crippen molar-refractivity contribution < 1.29 is 4.42 Å². The third-order valence-corrected chi connectivity index (χ3v) is 1.84. The minimum Gasteiger partial charge on any atom is -0.461 e. The fraction of sp³-hybridized carbons (Fsp3) is 0.111. The van der Waals surface area contributed by atoms with E-state index in [1.165, 1.54) is 0 Å². The Morgan fingerprint density at radius 1 is 1.27 bits per heavy atom. The van der Waals surface area contributed by atoms with Crippen LogP contribution in [-0.4, -0.2) is 0 Å². The normalized spacial score (nSPS) is 10.7. The van der Waals surface area contributed by atoms with Crippen molar-refractivity contribution in [3.63, 3.8) is 0 Å². The first-order chi connectivity index (χ1) is 5.25. The first kappa shape index (κ1) is 6.74. The van der Waals surface area contributed by atoms with E-state index in [9.17, 15) is 0 Å². The number of hydrogen-bond donors (Lipinski definition) is 0. The predicted molar refractivity (Wildman–Crippen MR) is 46.0 cm³/mol. The fourth-order valence-electron chi connectivity index (χ4n) is 1.15. The predicted octanol–water partition coefficient (Wildman–Crippen LogP) is 3.39. The lowest BCUT2D eigenvalue weighted by molar-refractivity contribution is 0.578. The van der Waals surface area contributed by atoms with Crippen LogP contribution in [0.2, 0.25) is 5.02 Å². The van der Waals surface area contributed by atoms with Crippen LogP contribution in [-0.2, 0) is 0 Å². The van der Waals surface area contributed by atoms with Crippen LogP contribution in [0.5, 0.6) is 0 Å². The fourth-order valence-corrected chi connectivity index (χ4v) is 1.33. The topological polar surface area (TPSA) is 13.1 Å². The van der Waals surface area contributed by atoms with E-state index in [1.807, 2.05) is 31.2 Å². The summed E-state index contributed by atoms with van der Waals surface area (Å²) in [6, 6.07) is 7.58. The molecular weight excluding hydrogens is 160 g/mol. The second kappa shape index (κ2) is 2.28. The number of furan rings is 1. The Morgan fingerprint density at radius 3 is 2.91 bits per heavy atom. The summed E-state index contributed by atoms with van der Waals surface area (Å²) in [6.07, 6.45) is 0. The lowest BCUT2D eigenvalue weighted by Gasteiger charge is -1.87. The van der Waals surface area contributed by atoms with E-state index < -0.39 is 0 Å². The van der Waals surface area contributed by atoms with Gasteiger partial charge in [0, 0.05) is 10.4 Å². The average Bonchev–Trinajstić information content (AvgIpc) is 2.27. The van der Waals surface area contributed by atoms with Crippen LogP contribution >= 0.6 is 11.6 Å². The Labute approximate surface area is 69.6 Å². The monoisotopic (exact) mass is 166 g/mol. The number of benzene rings is 1. The van der Waals surface area contributed by atoms with E-state index in [0.717, 1.165) is 21.8 Å². The molecule has 0 aliphatic heterocycles. The molecule has 0 N–H and O–H groups in total. The van der Waals surface area contributed by atoms with Crippen LogP contribution in [0.25, 0.3) is 11.0 Å². The SMILES string of the molecule is Cc1cc2cc(Cl)ccc2o1. The molecule has 1 heterocycles. The van der Waals surface area contributed by atoms with Gasteiger partial charge in [-0.3, -0.25) is 0 Å². The van der Waals surface area contributed by atoms with E-state index in [2.05, 4.69) is 0 Å². The number of rotatable bonds is 0. The van der Waals surface area contributed by atoms with E-state index in [1.54, 1.807) is 0 Å². The van der Waals surface area contributed by atoms with Gasteiger partial charge in [-0.15, -0.1) is 0 Å². The molecule has 11 heavy (non-hydrogen) atoms. The van der Waals surface area contributed by atoms with E-state index >= 15 is 0 Å². The molecule has 0 radical (unpaired) electrons. The lowest BCUT2D eigenvalue weighted by Crippen LogP contribution is -1.62. The maximum Gasteiger partial charge on any atom is 0.134 e. The molecule has 2 heteroatoms. The Kier molecular flexibility index (Phi) is 1.40. The molecule has 1 aromatic heterocycles. The molecule has 0 aliphatic carbocycles. The molecule has 0 aliphatic rings. The molecule has 56 valence electrons. The van der Waals surface area contributed by atoms with Crippen molar-refractivity contribution in [2.24, 2.45) is 0 Å². The number of aryl methyl sites for hydroxylation is 1. The molecule has 0 spiro atoms. The molecule has 2 aromatic rings. The Hall–Kier alpha value is -0.950. The van der Waals surface area contributed by atoms with Gasteiger partial charge in [0.05, 0.1) is 0 Å². The minimum absolute atomic E-state index is 0.748. The number of hydrogen-bond acceptors (Lipinski definition) is 1. The zero-order valence-corrected chi connectivity index (χ0v) is 6.85. The van der Waals surface area contributed by atoms with Crippen LogP contribution in [0.4, 0.5) is 0 Å². The summed E-state index contributed by atoms with van der Waals surface area (Å²) >= 11 is 5.79. The maximum absolute atomic E-state index is 5.79. The molecule has 0 fully saturated rings. The van der Waals surface area contributed by atoms with Crippen molar-refractivity contribution in [2.45, 2.75) is 6.92 Å². The zero-order chi connectivity index (χ0) is 7.84. The van der Waals surface area contributed by atoms with Crippen LogP contribution in [0.3, 0.4) is 0 Å². The van der Waals surface area contributed by atoms with E-state index in [0.29, 0.717) is 0 Å². The average molecular weight is 167 g/mol. The molecule has 0 bridgehead atoms. The van der Waals surface area contributed by atoms with Gasteiger partial charge in [0.1, 0.15) is 11.3 Å². The summed E-state index contributed by atoms with van der Waals surface area (Å²) in [4.78, 5) is 0. The number of fused-ring (bicyclic) bond motifs is 1. The summed E-state index contributed by atoms with van der Waals surface area (Å²) in [6.45, 7) is 1.92. The summed E-state index contributed by atoms with van der Waals surface area (Å²) in [5.41, 5.74) is 0.895. The van der Waals surface area contributed by atoms with E-state index in [4.69, 9.17) is 16.0 Å². The quantitative estimate of drug-likeness (QED) is 0.585. The molecule has 0 unspecified atom stereocenters. The third kappa shape index (κ3) is 1.12. The van der Waals surface area contributed by atoms with Crippen molar-refractivity contribution in [1.82, 2.24) is 0 Å². The van der Waals surface area contributed by atoms with Crippen LogP contribution in [0.15, 0.2) is 28.7 Å². The largest absolute Gasteiger partial charge is 0.461 e. The first-order valence-corrected chi connectivity index (χ1v) is 3.79. The van der Waals surface area contributed by atoms with Crippen LogP contribution in [0, 0.1) is 6.92 Å². The van der Waals surface area contributed by atoms with Gasteiger partial charge >= 0.3 is 0 Å². The van der Waals surface area contributed by atoms with Gasteiger partial charge in [0.2, 0.25) is 0 Å². The van der Waals surface area contributed by atoms with Crippen molar-refractivity contribution in [3.8, 4) is 0 Å². The second-order valence-electron chi connectivity index (χ2n) is 2.54. The van der Waals surface area contributed by atoms with Gasteiger partial charge < -0.3 is 4.42 Å². The Balaban J connectivity index is 2.82. The van der Waals surface area contributed by atoms with Crippen LogP contribution < -0.4 is 0 Å². The summed E-state index contributed by atoms with van der Waals surface area (Å²) in [5, 5.41) is 1.81. The van der Waals surface area contributed by atoms with Gasteiger partial charge in [0.25, 0.3) is 0 Å². The summed E-state index contributed by atoms with van der Waals surface area (Å²) < 4.78 is 5.36. The second-order valence-corrected chi connectivity index (χ2v) is 2.98. The summed E-state index contributed by atoms with van der Waals surface area (Å²) in [5.74, 6) is 0.919.